The molecule has 0 saturated heterocycles. The van der Waals surface area contributed by atoms with Gasteiger partial charge in [-0.25, -0.2) is 9.97 Å². The lowest BCUT2D eigenvalue weighted by Crippen LogP contribution is -2.17. The summed E-state index contributed by atoms with van der Waals surface area (Å²) in [6.45, 7) is 4.20. The van der Waals surface area contributed by atoms with Gasteiger partial charge in [-0.15, -0.1) is 0 Å². The maximum atomic E-state index is 9.52. The Kier molecular flexibility index (Phi) is 2.86. The highest BCUT2D eigenvalue weighted by Gasteiger charge is 2.46. The Bertz CT molecular complexity index is 601. The molecule has 0 radical (unpaired) electrons. The second-order valence-corrected chi connectivity index (χ2v) is 5.52. The van der Waals surface area contributed by atoms with Gasteiger partial charge in [-0.3, -0.25) is 0 Å². The third-order valence-corrected chi connectivity index (χ3v) is 3.83. The number of benzene rings is 1. The Morgan fingerprint density at radius 2 is 1.79 bits per heavy atom. The highest BCUT2D eigenvalue weighted by Crippen LogP contribution is 2.46. The summed E-state index contributed by atoms with van der Waals surface area (Å²) in [6, 6.07) is 10.3. The minimum atomic E-state index is -0.175. The number of aryl methyl sites for hydroxylation is 2. The maximum Gasteiger partial charge on any atom is 0.137 e. The molecule has 98 valence electrons. The van der Waals surface area contributed by atoms with Crippen LogP contribution in [0.3, 0.4) is 0 Å². The molecule has 0 bridgehead atoms. The van der Waals surface area contributed by atoms with Gasteiger partial charge in [-0.1, -0.05) is 29.8 Å². The number of aromatic nitrogens is 2. The normalized spacial score (nSPS) is 16.4. The van der Waals surface area contributed by atoms with Crippen LogP contribution in [-0.2, 0) is 5.41 Å². The van der Waals surface area contributed by atoms with Gasteiger partial charge in [-0.05, 0) is 32.8 Å². The first-order chi connectivity index (χ1) is 9.13. The average molecular weight is 254 g/mol. The van der Waals surface area contributed by atoms with Gasteiger partial charge < -0.3 is 5.11 Å². The Morgan fingerprint density at radius 3 is 2.37 bits per heavy atom. The Hall–Kier alpha value is -1.74. The van der Waals surface area contributed by atoms with Crippen molar-refractivity contribution < 1.29 is 5.11 Å². The second-order valence-electron chi connectivity index (χ2n) is 5.52. The van der Waals surface area contributed by atoms with Crippen LogP contribution in [0.4, 0.5) is 0 Å². The number of nitrogens with zero attached hydrogens (tertiary/aromatic N) is 2. The summed E-state index contributed by atoms with van der Waals surface area (Å²) in [4.78, 5) is 9.18. The van der Waals surface area contributed by atoms with Crippen LogP contribution in [0.2, 0.25) is 0 Å². The Morgan fingerprint density at radius 1 is 1.11 bits per heavy atom. The number of aliphatic hydroxyl groups is 1. The fourth-order valence-electron chi connectivity index (χ4n) is 2.28. The topological polar surface area (TPSA) is 46.0 Å². The predicted octanol–water partition coefficient (Wildman–Crippen LogP) is 2.78. The predicted molar refractivity (Wildman–Crippen MR) is 74.9 cm³/mol. The zero-order chi connectivity index (χ0) is 13.5. The maximum absolute atomic E-state index is 9.52. The molecule has 0 spiro atoms. The first kappa shape index (κ1) is 12.3. The van der Waals surface area contributed by atoms with Crippen LogP contribution in [0, 0.1) is 13.8 Å². The largest absolute Gasteiger partial charge is 0.395 e. The molecule has 3 nitrogen and oxygen atoms in total. The van der Waals surface area contributed by atoms with Crippen LogP contribution >= 0.6 is 0 Å². The van der Waals surface area contributed by atoms with Crippen LogP contribution in [-0.4, -0.2) is 21.7 Å². The Labute approximate surface area is 113 Å². The third-order valence-electron chi connectivity index (χ3n) is 3.83. The van der Waals surface area contributed by atoms with Crippen LogP contribution < -0.4 is 0 Å². The summed E-state index contributed by atoms with van der Waals surface area (Å²) >= 11 is 0. The second kappa shape index (κ2) is 4.42. The van der Waals surface area contributed by atoms with Gasteiger partial charge in [0.2, 0.25) is 0 Å². The van der Waals surface area contributed by atoms with E-state index in [2.05, 4.69) is 41.2 Å². The molecule has 1 aliphatic carbocycles. The number of hydrogen-bond acceptors (Lipinski definition) is 3. The van der Waals surface area contributed by atoms with E-state index in [1.54, 1.807) is 0 Å². The van der Waals surface area contributed by atoms with Crippen molar-refractivity contribution in [3.05, 3.63) is 47.4 Å². The monoisotopic (exact) mass is 254 g/mol. The van der Waals surface area contributed by atoms with Gasteiger partial charge in [0.25, 0.3) is 0 Å². The molecule has 1 N–H and O–H groups in total. The van der Waals surface area contributed by atoms with Gasteiger partial charge in [-0.2, -0.15) is 0 Å². The Balaban J connectivity index is 2.05. The molecule has 1 heterocycles. The summed E-state index contributed by atoms with van der Waals surface area (Å²) in [6.07, 6.45) is 1.97. The summed E-state index contributed by atoms with van der Waals surface area (Å²) in [5.74, 6) is 0.797. The zero-order valence-corrected chi connectivity index (χ0v) is 11.3. The van der Waals surface area contributed by atoms with Gasteiger partial charge in [0, 0.05) is 11.3 Å². The van der Waals surface area contributed by atoms with E-state index in [0.717, 1.165) is 35.6 Å². The van der Waals surface area contributed by atoms with Gasteiger partial charge >= 0.3 is 0 Å². The molecule has 1 saturated carbocycles. The van der Waals surface area contributed by atoms with Crippen LogP contribution in [0.5, 0.6) is 0 Å². The molecule has 3 rings (SSSR count). The van der Waals surface area contributed by atoms with E-state index >= 15 is 0 Å². The molecular weight excluding hydrogens is 236 g/mol. The van der Waals surface area contributed by atoms with Gasteiger partial charge in [0.05, 0.1) is 17.7 Å². The molecule has 1 aliphatic rings. The molecule has 1 fully saturated rings. The molecular formula is C16H18N2O. The minimum Gasteiger partial charge on any atom is -0.395 e. The van der Waals surface area contributed by atoms with E-state index in [9.17, 15) is 5.11 Å². The van der Waals surface area contributed by atoms with Crippen molar-refractivity contribution in [2.45, 2.75) is 32.1 Å². The molecule has 0 amide bonds. The van der Waals surface area contributed by atoms with Crippen LogP contribution in [0.25, 0.3) is 11.3 Å². The molecule has 3 heteroatoms. The molecule has 19 heavy (non-hydrogen) atoms. The van der Waals surface area contributed by atoms with Gasteiger partial charge in [0.1, 0.15) is 5.82 Å². The highest BCUT2D eigenvalue weighted by molar-refractivity contribution is 5.60. The molecule has 0 unspecified atom stereocenters. The van der Waals surface area contributed by atoms with E-state index < -0.39 is 0 Å². The smallest absolute Gasteiger partial charge is 0.137 e. The molecule has 1 aromatic carbocycles. The molecule has 0 atom stereocenters. The van der Waals surface area contributed by atoms with Crippen molar-refractivity contribution in [2.24, 2.45) is 0 Å². The zero-order valence-electron chi connectivity index (χ0n) is 11.3. The number of rotatable bonds is 3. The summed E-state index contributed by atoms with van der Waals surface area (Å²) in [5, 5.41) is 9.52. The molecule has 1 aromatic heterocycles. The standard InChI is InChI=1S/C16H18N2O/c1-11-3-5-13(6-4-11)14-9-12(2)17-15(18-14)16(10-19)7-8-16/h3-6,9,19H,7-8,10H2,1-2H3. The van der Waals surface area contributed by atoms with E-state index in [1.807, 2.05) is 13.0 Å². The first-order valence-corrected chi connectivity index (χ1v) is 6.67. The lowest BCUT2D eigenvalue weighted by Gasteiger charge is -2.12. The first-order valence-electron chi connectivity index (χ1n) is 6.67. The quantitative estimate of drug-likeness (QED) is 0.916. The highest BCUT2D eigenvalue weighted by atomic mass is 16.3. The fourth-order valence-corrected chi connectivity index (χ4v) is 2.28. The molecule has 0 aliphatic heterocycles. The SMILES string of the molecule is Cc1ccc(-c2cc(C)nc(C3(CO)CC3)n2)cc1. The number of hydrogen-bond donors (Lipinski definition) is 1. The van der Waals surface area contributed by atoms with Gasteiger partial charge in [0.15, 0.2) is 0 Å². The lowest BCUT2D eigenvalue weighted by molar-refractivity contribution is 0.249. The van der Waals surface area contributed by atoms with Crippen molar-refractivity contribution >= 4 is 0 Å². The van der Waals surface area contributed by atoms with Crippen molar-refractivity contribution in [1.29, 1.82) is 0 Å². The lowest BCUT2D eigenvalue weighted by atomic mass is 10.1. The minimum absolute atomic E-state index is 0.143. The van der Waals surface area contributed by atoms with Crippen molar-refractivity contribution in [2.75, 3.05) is 6.61 Å². The summed E-state index contributed by atoms with van der Waals surface area (Å²) in [7, 11) is 0. The van der Waals surface area contributed by atoms with Crippen LogP contribution in [0.1, 0.15) is 29.9 Å². The third kappa shape index (κ3) is 2.26. The van der Waals surface area contributed by atoms with Crippen LogP contribution in [0.15, 0.2) is 30.3 Å². The average Bonchev–Trinajstić information content (AvgIpc) is 3.20. The van der Waals surface area contributed by atoms with E-state index in [4.69, 9.17) is 0 Å². The van der Waals surface area contributed by atoms with Crippen molar-refractivity contribution in [3.63, 3.8) is 0 Å². The van der Waals surface area contributed by atoms with E-state index in [0.29, 0.717) is 0 Å². The molecule has 2 aromatic rings. The summed E-state index contributed by atoms with van der Waals surface area (Å²) < 4.78 is 0. The van der Waals surface area contributed by atoms with E-state index in [-0.39, 0.29) is 12.0 Å². The van der Waals surface area contributed by atoms with E-state index in [1.165, 1.54) is 5.56 Å². The van der Waals surface area contributed by atoms with Crippen molar-refractivity contribution in [3.8, 4) is 11.3 Å². The fraction of sp³-hybridized carbons (Fsp3) is 0.375. The number of aliphatic hydroxyl groups excluding tert-OH is 1. The van der Waals surface area contributed by atoms with Crippen molar-refractivity contribution in [1.82, 2.24) is 9.97 Å². The summed E-state index contributed by atoms with van der Waals surface area (Å²) in [5.41, 5.74) is 4.07.